The number of aliphatic hydroxyl groups excluding tert-OH is 1. The monoisotopic (exact) mass is 430 g/mol. The fourth-order valence-electron chi connectivity index (χ4n) is 4.28. The van der Waals surface area contributed by atoms with Gasteiger partial charge in [-0.15, -0.1) is 12.4 Å². The number of hydrogen-bond donors (Lipinski definition) is 2. The van der Waals surface area contributed by atoms with E-state index in [2.05, 4.69) is 52.0 Å². The van der Waals surface area contributed by atoms with Crippen LogP contribution in [0.2, 0.25) is 0 Å². The highest BCUT2D eigenvalue weighted by Crippen LogP contribution is 2.37. The van der Waals surface area contributed by atoms with Crippen molar-refractivity contribution in [2.24, 2.45) is 0 Å². The summed E-state index contributed by atoms with van der Waals surface area (Å²) >= 11 is 0. The predicted octanol–water partition coefficient (Wildman–Crippen LogP) is 2.64. The standard InChI is InChI=1S/C21H26N6O2.ClH/c1-13(2)27-21(23-12-24-27)17-11-26-7-8-29-19-9-14(3-4-16(19)20(26)25-17)15-5-6-22-10-18(15)28;/h3-4,9,11-13,15,18,22,28H,5-8,10H2,1-2H3;1H. The molecule has 9 heteroatoms. The molecule has 2 atom stereocenters. The summed E-state index contributed by atoms with van der Waals surface area (Å²) in [4.78, 5) is 9.32. The summed E-state index contributed by atoms with van der Waals surface area (Å²) in [7, 11) is 0. The van der Waals surface area contributed by atoms with Crippen molar-refractivity contribution in [1.29, 1.82) is 0 Å². The molecule has 0 amide bonds. The lowest BCUT2D eigenvalue weighted by atomic mass is 9.87. The van der Waals surface area contributed by atoms with Crippen LogP contribution in [0.4, 0.5) is 0 Å². The van der Waals surface area contributed by atoms with Crippen LogP contribution < -0.4 is 10.1 Å². The van der Waals surface area contributed by atoms with E-state index in [1.165, 1.54) is 0 Å². The molecule has 4 heterocycles. The fraction of sp³-hybridized carbons (Fsp3) is 0.476. The maximum absolute atomic E-state index is 10.4. The van der Waals surface area contributed by atoms with Crippen LogP contribution >= 0.6 is 12.4 Å². The van der Waals surface area contributed by atoms with Crippen LogP contribution in [-0.4, -0.2) is 55.2 Å². The third kappa shape index (κ3) is 3.59. The molecule has 2 aromatic heterocycles. The number of β-amino-alcohol motifs (C(OH)–C–C–N with tert-alkyl or cyclic N) is 1. The SMILES string of the molecule is CC(C)n1ncnc1-c1cn2c(n1)-c1ccc(C3CCNCC3O)cc1OCC2.Cl. The van der Waals surface area contributed by atoms with E-state index in [1.54, 1.807) is 6.33 Å². The molecule has 0 spiro atoms. The number of imidazole rings is 1. The summed E-state index contributed by atoms with van der Waals surface area (Å²) in [6.07, 6.45) is 4.15. The number of ether oxygens (including phenoxy) is 1. The number of hydrogen-bond acceptors (Lipinski definition) is 6. The molecule has 1 saturated heterocycles. The Morgan fingerprint density at radius 1 is 1.27 bits per heavy atom. The van der Waals surface area contributed by atoms with Gasteiger partial charge in [-0.1, -0.05) is 6.07 Å². The van der Waals surface area contributed by atoms with Crippen molar-refractivity contribution < 1.29 is 9.84 Å². The summed E-state index contributed by atoms with van der Waals surface area (Å²) < 4.78 is 10.1. The maximum Gasteiger partial charge on any atom is 0.178 e. The number of halogens is 1. The summed E-state index contributed by atoms with van der Waals surface area (Å²) in [5.74, 6) is 2.61. The van der Waals surface area contributed by atoms with Gasteiger partial charge in [0.25, 0.3) is 0 Å². The first kappa shape index (κ1) is 20.8. The predicted molar refractivity (Wildman–Crippen MR) is 116 cm³/mol. The lowest BCUT2D eigenvalue weighted by Gasteiger charge is -2.29. The quantitative estimate of drug-likeness (QED) is 0.664. The fourth-order valence-corrected chi connectivity index (χ4v) is 4.28. The van der Waals surface area contributed by atoms with Crippen LogP contribution in [0.25, 0.3) is 22.9 Å². The maximum atomic E-state index is 10.4. The first-order valence-corrected chi connectivity index (χ1v) is 10.2. The van der Waals surface area contributed by atoms with Gasteiger partial charge in [-0.2, -0.15) is 5.10 Å². The van der Waals surface area contributed by atoms with Crippen LogP contribution in [-0.2, 0) is 6.54 Å². The second-order valence-electron chi connectivity index (χ2n) is 8.04. The number of rotatable bonds is 3. The average molecular weight is 431 g/mol. The van der Waals surface area contributed by atoms with Gasteiger partial charge in [0.1, 0.15) is 30.2 Å². The summed E-state index contributed by atoms with van der Waals surface area (Å²) in [6, 6.07) is 6.46. The molecule has 0 radical (unpaired) electrons. The molecule has 2 aliphatic heterocycles. The van der Waals surface area contributed by atoms with E-state index in [9.17, 15) is 5.11 Å². The van der Waals surface area contributed by atoms with Crippen LogP contribution in [0.5, 0.6) is 5.75 Å². The number of aliphatic hydroxyl groups is 1. The number of benzene rings is 1. The second-order valence-corrected chi connectivity index (χ2v) is 8.04. The molecule has 1 fully saturated rings. The minimum absolute atomic E-state index is 0. The molecule has 160 valence electrons. The first-order chi connectivity index (χ1) is 14.1. The zero-order valence-electron chi connectivity index (χ0n) is 17.2. The molecule has 2 unspecified atom stereocenters. The van der Waals surface area contributed by atoms with Gasteiger partial charge < -0.3 is 19.7 Å². The Hall–Kier alpha value is -2.42. The Morgan fingerprint density at radius 3 is 2.93 bits per heavy atom. The van der Waals surface area contributed by atoms with Crippen molar-refractivity contribution in [2.75, 3.05) is 19.7 Å². The molecular weight excluding hydrogens is 404 g/mol. The zero-order chi connectivity index (χ0) is 20.0. The summed E-state index contributed by atoms with van der Waals surface area (Å²) in [5.41, 5.74) is 2.91. The Labute approximate surface area is 181 Å². The van der Waals surface area contributed by atoms with Crippen LogP contribution in [0.3, 0.4) is 0 Å². The summed E-state index contributed by atoms with van der Waals surface area (Å²) in [6.45, 7) is 7.01. The zero-order valence-corrected chi connectivity index (χ0v) is 18.0. The highest BCUT2D eigenvalue weighted by Gasteiger charge is 2.27. The first-order valence-electron chi connectivity index (χ1n) is 10.2. The number of nitrogens with zero attached hydrogens (tertiary/aromatic N) is 5. The molecule has 0 aliphatic carbocycles. The van der Waals surface area contributed by atoms with Crippen molar-refractivity contribution in [2.45, 2.75) is 44.9 Å². The summed E-state index contributed by atoms with van der Waals surface area (Å²) in [5, 5.41) is 18.0. The second kappa shape index (κ2) is 8.37. The molecular formula is C21H27ClN6O2. The molecule has 8 nitrogen and oxygen atoms in total. The van der Waals surface area contributed by atoms with Gasteiger partial charge in [0.05, 0.1) is 18.2 Å². The third-order valence-corrected chi connectivity index (χ3v) is 5.78. The molecule has 30 heavy (non-hydrogen) atoms. The number of fused-ring (bicyclic) bond motifs is 3. The van der Waals surface area contributed by atoms with E-state index >= 15 is 0 Å². The minimum atomic E-state index is -0.372. The molecule has 2 N–H and O–H groups in total. The average Bonchev–Trinajstić information content (AvgIpc) is 3.32. The molecule has 5 rings (SSSR count). The van der Waals surface area contributed by atoms with E-state index < -0.39 is 0 Å². The van der Waals surface area contributed by atoms with Crippen molar-refractivity contribution in [3.05, 3.63) is 36.3 Å². The lowest BCUT2D eigenvalue weighted by Crippen LogP contribution is -2.39. The van der Waals surface area contributed by atoms with E-state index in [1.807, 2.05) is 10.9 Å². The molecule has 2 aliphatic rings. The number of nitrogens with one attached hydrogen (secondary N) is 1. The minimum Gasteiger partial charge on any atom is -0.491 e. The molecule has 1 aromatic carbocycles. The molecule has 3 aromatic rings. The van der Waals surface area contributed by atoms with Gasteiger partial charge >= 0.3 is 0 Å². The number of piperidine rings is 1. The van der Waals surface area contributed by atoms with Crippen LogP contribution in [0.15, 0.2) is 30.7 Å². The normalized spacial score (nSPS) is 20.7. The van der Waals surface area contributed by atoms with Gasteiger partial charge in [0, 0.05) is 24.7 Å². The smallest absolute Gasteiger partial charge is 0.178 e. The molecule has 0 saturated carbocycles. The van der Waals surface area contributed by atoms with E-state index in [4.69, 9.17) is 9.72 Å². The van der Waals surface area contributed by atoms with Gasteiger partial charge in [-0.05, 0) is 44.5 Å². The highest BCUT2D eigenvalue weighted by molar-refractivity contribution is 5.85. The van der Waals surface area contributed by atoms with Gasteiger partial charge in [-0.3, -0.25) is 0 Å². The Morgan fingerprint density at radius 2 is 2.13 bits per heavy atom. The van der Waals surface area contributed by atoms with Gasteiger partial charge in [0.2, 0.25) is 0 Å². The Kier molecular flexibility index (Phi) is 5.81. The largest absolute Gasteiger partial charge is 0.491 e. The third-order valence-electron chi connectivity index (χ3n) is 5.78. The van der Waals surface area contributed by atoms with E-state index in [0.29, 0.717) is 13.2 Å². The van der Waals surface area contributed by atoms with Gasteiger partial charge in [-0.25, -0.2) is 14.6 Å². The van der Waals surface area contributed by atoms with E-state index in [-0.39, 0.29) is 30.5 Å². The number of aromatic nitrogens is 5. The van der Waals surface area contributed by atoms with Crippen molar-refractivity contribution in [3.63, 3.8) is 0 Å². The topological polar surface area (TPSA) is 90.0 Å². The Balaban J connectivity index is 0.00000218. The van der Waals surface area contributed by atoms with Gasteiger partial charge in [0.15, 0.2) is 5.82 Å². The van der Waals surface area contributed by atoms with E-state index in [0.717, 1.165) is 53.7 Å². The Bertz CT molecular complexity index is 1030. The van der Waals surface area contributed by atoms with Crippen LogP contribution in [0.1, 0.15) is 37.8 Å². The van der Waals surface area contributed by atoms with Crippen molar-refractivity contribution >= 4 is 12.4 Å². The lowest BCUT2D eigenvalue weighted by molar-refractivity contribution is 0.118. The highest BCUT2D eigenvalue weighted by atomic mass is 35.5. The van der Waals surface area contributed by atoms with Crippen molar-refractivity contribution in [3.8, 4) is 28.7 Å². The van der Waals surface area contributed by atoms with Crippen molar-refractivity contribution in [1.82, 2.24) is 29.6 Å². The van der Waals surface area contributed by atoms with Crippen LogP contribution in [0, 0.1) is 0 Å². The molecule has 0 bridgehead atoms.